The fourth-order valence-corrected chi connectivity index (χ4v) is 3.14. The molecule has 0 saturated carbocycles. The monoisotopic (exact) mass is 334 g/mol. The highest BCUT2D eigenvalue weighted by molar-refractivity contribution is 5.92. The number of aromatic nitrogens is 2. The van der Waals surface area contributed by atoms with Gasteiger partial charge in [0.05, 0.1) is 36.7 Å². The van der Waals surface area contributed by atoms with Crippen molar-refractivity contribution in [1.82, 2.24) is 20.2 Å². The fourth-order valence-electron chi connectivity index (χ4n) is 3.14. The molecule has 24 heavy (non-hydrogen) atoms. The van der Waals surface area contributed by atoms with Crippen LogP contribution in [0.3, 0.4) is 0 Å². The summed E-state index contributed by atoms with van der Waals surface area (Å²) in [6, 6.07) is 0. The second-order valence-electron chi connectivity index (χ2n) is 6.32. The Bertz CT molecular complexity index is 621. The average molecular weight is 334 g/mol. The number of likely N-dealkylation sites (tertiary alicyclic amines) is 1. The number of hydrogen-bond donors (Lipinski definition) is 1. The van der Waals surface area contributed by atoms with Crippen molar-refractivity contribution >= 4 is 11.8 Å². The fraction of sp³-hybridized carbons (Fsp3) is 0.625. The minimum Gasteiger partial charge on any atom is -0.370 e. The van der Waals surface area contributed by atoms with Gasteiger partial charge in [0.1, 0.15) is 12.3 Å². The van der Waals surface area contributed by atoms with Crippen molar-refractivity contribution in [2.24, 2.45) is 0 Å². The Balaban J connectivity index is 1.56. The van der Waals surface area contributed by atoms with E-state index in [9.17, 15) is 9.59 Å². The molecule has 1 aromatic heterocycles. The molecule has 2 amide bonds. The van der Waals surface area contributed by atoms with E-state index in [-0.39, 0.29) is 30.1 Å². The molecule has 0 radical (unpaired) electrons. The van der Waals surface area contributed by atoms with E-state index in [4.69, 9.17) is 9.47 Å². The zero-order chi connectivity index (χ0) is 17.2. The molecule has 0 aliphatic carbocycles. The largest absolute Gasteiger partial charge is 0.370 e. The van der Waals surface area contributed by atoms with Crippen LogP contribution in [-0.4, -0.2) is 71.7 Å². The first-order valence-corrected chi connectivity index (χ1v) is 8.05. The van der Waals surface area contributed by atoms with Gasteiger partial charge in [-0.25, -0.2) is 4.98 Å². The van der Waals surface area contributed by atoms with E-state index in [2.05, 4.69) is 15.3 Å². The molecular weight excluding hydrogens is 312 g/mol. The van der Waals surface area contributed by atoms with Crippen LogP contribution in [0.1, 0.15) is 29.0 Å². The van der Waals surface area contributed by atoms with Crippen molar-refractivity contribution in [2.75, 3.05) is 33.4 Å². The highest BCUT2D eigenvalue weighted by Gasteiger charge is 2.47. The van der Waals surface area contributed by atoms with Crippen LogP contribution in [0, 0.1) is 6.92 Å². The number of rotatable bonds is 4. The van der Waals surface area contributed by atoms with E-state index < -0.39 is 0 Å². The van der Waals surface area contributed by atoms with Gasteiger partial charge in [-0.2, -0.15) is 0 Å². The number of carbonyl (C=O) groups excluding carboxylic acids is 2. The third-order valence-corrected chi connectivity index (χ3v) is 4.51. The predicted molar refractivity (Wildman–Crippen MR) is 84.4 cm³/mol. The summed E-state index contributed by atoms with van der Waals surface area (Å²) in [5.74, 6) is -0.283. The lowest BCUT2D eigenvalue weighted by Gasteiger charge is -2.23. The molecule has 0 unspecified atom stereocenters. The van der Waals surface area contributed by atoms with E-state index in [0.29, 0.717) is 31.8 Å². The van der Waals surface area contributed by atoms with Crippen molar-refractivity contribution in [3.8, 4) is 0 Å². The highest BCUT2D eigenvalue weighted by Crippen LogP contribution is 2.36. The molecule has 8 heteroatoms. The Morgan fingerprint density at radius 1 is 1.46 bits per heavy atom. The maximum Gasteiger partial charge on any atom is 0.274 e. The standard InChI is InChI=1S/C16H22N4O4/c1-11-6-19-13(7-18-11)15(22)20-4-3-16(10-20)5-12(8-24-16)23-9-14(21)17-2/h6-7,12H,3-5,8-10H2,1-2H3,(H,17,21)/t12-,16+/m0/s1. The molecule has 2 aliphatic rings. The minimum absolute atomic E-state index is 0.0300. The molecule has 2 aliphatic heterocycles. The molecule has 8 nitrogen and oxygen atoms in total. The summed E-state index contributed by atoms with van der Waals surface area (Å²) in [6.07, 6.45) is 4.43. The number of nitrogens with zero attached hydrogens (tertiary/aromatic N) is 3. The van der Waals surface area contributed by atoms with Crippen molar-refractivity contribution in [2.45, 2.75) is 31.5 Å². The van der Waals surface area contributed by atoms with Crippen LogP contribution in [0.15, 0.2) is 12.4 Å². The van der Waals surface area contributed by atoms with Gasteiger partial charge in [-0.1, -0.05) is 0 Å². The predicted octanol–water partition coefficient (Wildman–Crippen LogP) is -0.0788. The van der Waals surface area contributed by atoms with Crippen molar-refractivity contribution in [3.63, 3.8) is 0 Å². The molecule has 1 aromatic rings. The van der Waals surface area contributed by atoms with Crippen molar-refractivity contribution < 1.29 is 19.1 Å². The Hall–Kier alpha value is -2.06. The van der Waals surface area contributed by atoms with Gasteiger partial charge in [0, 0.05) is 26.2 Å². The summed E-state index contributed by atoms with van der Waals surface area (Å²) < 4.78 is 11.5. The molecule has 3 heterocycles. The number of amides is 2. The molecule has 130 valence electrons. The molecule has 2 saturated heterocycles. The van der Waals surface area contributed by atoms with Crippen LogP contribution in [0.2, 0.25) is 0 Å². The third-order valence-electron chi connectivity index (χ3n) is 4.51. The van der Waals surface area contributed by atoms with Gasteiger partial charge in [-0.15, -0.1) is 0 Å². The zero-order valence-corrected chi connectivity index (χ0v) is 13.9. The Morgan fingerprint density at radius 3 is 3.00 bits per heavy atom. The van der Waals surface area contributed by atoms with E-state index in [1.807, 2.05) is 6.92 Å². The summed E-state index contributed by atoms with van der Waals surface area (Å²) in [4.78, 5) is 33.8. The highest BCUT2D eigenvalue weighted by atomic mass is 16.6. The summed E-state index contributed by atoms with van der Waals surface area (Å²) >= 11 is 0. The molecule has 2 fully saturated rings. The zero-order valence-electron chi connectivity index (χ0n) is 13.9. The lowest BCUT2D eigenvalue weighted by molar-refractivity contribution is -0.127. The van der Waals surface area contributed by atoms with Crippen molar-refractivity contribution in [1.29, 1.82) is 0 Å². The van der Waals surface area contributed by atoms with E-state index in [1.54, 1.807) is 18.1 Å². The summed E-state index contributed by atoms with van der Waals surface area (Å²) in [5, 5.41) is 2.52. The Labute approximate surface area is 140 Å². The maximum absolute atomic E-state index is 12.5. The number of ether oxygens (including phenoxy) is 2. The van der Waals surface area contributed by atoms with Gasteiger partial charge in [0.15, 0.2) is 0 Å². The SMILES string of the molecule is CNC(=O)CO[C@@H]1CO[C@]2(CCN(C(=O)c3cnc(C)cn3)C2)C1. The Kier molecular flexibility index (Phi) is 4.77. The number of hydrogen-bond acceptors (Lipinski definition) is 6. The second-order valence-corrected chi connectivity index (χ2v) is 6.32. The van der Waals surface area contributed by atoms with Gasteiger partial charge < -0.3 is 19.7 Å². The first kappa shape index (κ1) is 16.8. The van der Waals surface area contributed by atoms with Crippen LogP contribution in [0.25, 0.3) is 0 Å². The maximum atomic E-state index is 12.5. The lowest BCUT2D eigenvalue weighted by Crippen LogP contribution is -2.36. The number of nitrogens with one attached hydrogen (secondary N) is 1. The van der Waals surface area contributed by atoms with Gasteiger partial charge in [0.25, 0.3) is 5.91 Å². The second kappa shape index (κ2) is 6.82. The van der Waals surface area contributed by atoms with E-state index in [1.165, 1.54) is 6.20 Å². The smallest absolute Gasteiger partial charge is 0.274 e. The summed E-state index contributed by atoms with van der Waals surface area (Å²) in [5.41, 5.74) is 0.754. The molecule has 1 spiro atoms. The van der Waals surface area contributed by atoms with Gasteiger partial charge in [0.2, 0.25) is 5.91 Å². The number of likely N-dealkylation sites (N-methyl/N-ethyl adjacent to an activating group) is 1. The lowest BCUT2D eigenvalue weighted by atomic mass is 9.98. The van der Waals surface area contributed by atoms with E-state index in [0.717, 1.165) is 12.1 Å². The number of aryl methyl sites for hydroxylation is 1. The quantitative estimate of drug-likeness (QED) is 0.828. The number of carbonyl (C=O) groups is 2. The van der Waals surface area contributed by atoms with Crippen LogP contribution in [0.4, 0.5) is 0 Å². The van der Waals surface area contributed by atoms with Crippen LogP contribution < -0.4 is 5.32 Å². The molecule has 2 atom stereocenters. The summed E-state index contributed by atoms with van der Waals surface area (Å²) in [7, 11) is 1.58. The first-order chi connectivity index (χ1) is 11.5. The first-order valence-electron chi connectivity index (χ1n) is 8.05. The van der Waals surface area contributed by atoms with Gasteiger partial charge in [-0.05, 0) is 13.3 Å². The van der Waals surface area contributed by atoms with E-state index >= 15 is 0 Å². The normalized spacial score (nSPS) is 26.1. The van der Waals surface area contributed by atoms with Crippen LogP contribution in [0.5, 0.6) is 0 Å². The van der Waals surface area contributed by atoms with Gasteiger partial charge in [-0.3, -0.25) is 14.6 Å². The minimum atomic E-state index is -0.374. The molecule has 0 aromatic carbocycles. The molecule has 1 N–H and O–H groups in total. The topological polar surface area (TPSA) is 93.7 Å². The molecular formula is C16H22N4O4. The van der Waals surface area contributed by atoms with Gasteiger partial charge >= 0.3 is 0 Å². The van der Waals surface area contributed by atoms with Crippen LogP contribution >= 0.6 is 0 Å². The van der Waals surface area contributed by atoms with Crippen molar-refractivity contribution in [3.05, 3.63) is 23.8 Å². The molecule has 0 bridgehead atoms. The average Bonchev–Trinajstić information content (AvgIpc) is 3.20. The molecule has 3 rings (SSSR count). The third kappa shape index (κ3) is 3.54. The Morgan fingerprint density at radius 2 is 2.29 bits per heavy atom. The van der Waals surface area contributed by atoms with Crippen LogP contribution in [-0.2, 0) is 14.3 Å². The summed E-state index contributed by atoms with van der Waals surface area (Å²) in [6.45, 7) is 3.45.